The molecule has 14 nitrogen and oxygen atoms in total. The molecule has 3 aromatic carbocycles. The van der Waals surface area contributed by atoms with Crippen LogP contribution >= 0.6 is 0 Å². The van der Waals surface area contributed by atoms with E-state index in [0.29, 0.717) is 23.0 Å². The van der Waals surface area contributed by atoms with E-state index in [1.807, 2.05) is 36.4 Å². The van der Waals surface area contributed by atoms with E-state index in [9.17, 15) is 28.0 Å². The van der Waals surface area contributed by atoms with Crippen LogP contribution in [0, 0.1) is 11.8 Å². The molecule has 4 N–H and O–H groups in total. The van der Waals surface area contributed by atoms with Gasteiger partial charge in [-0.25, -0.2) is 28.3 Å². The maximum absolute atomic E-state index is 14.8. The van der Waals surface area contributed by atoms with Gasteiger partial charge in [-0.05, 0) is 57.6 Å². The monoisotopic (exact) mass is 798 g/mol. The third kappa shape index (κ3) is 8.04. The molecule has 6 atom stereocenters. The van der Waals surface area contributed by atoms with E-state index >= 15 is 0 Å². The number of carbonyl (C=O) groups excluding carboxylic acids is 4. The van der Waals surface area contributed by atoms with Crippen LogP contribution in [0.15, 0.2) is 60.9 Å². The van der Waals surface area contributed by atoms with Crippen molar-refractivity contribution >= 4 is 45.5 Å². The van der Waals surface area contributed by atoms with Crippen LogP contribution in [-0.2, 0) is 19.1 Å². The van der Waals surface area contributed by atoms with Gasteiger partial charge in [0.2, 0.25) is 11.8 Å². The number of benzene rings is 3. The number of hydrogen-bond acceptors (Lipinski definition) is 8. The molecule has 0 bridgehead atoms. The van der Waals surface area contributed by atoms with Crippen LogP contribution in [-0.4, -0.2) is 105 Å². The predicted octanol–water partition coefficient (Wildman–Crippen LogP) is 6.76. The van der Waals surface area contributed by atoms with Crippen molar-refractivity contribution in [3.63, 3.8) is 0 Å². The lowest BCUT2D eigenvalue weighted by molar-refractivity contribution is -0.136. The van der Waals surface area contributed by atoms with E-state index in [0.717, 1.165) is 32.7 Å². The SMILES string of the molecule is COC(=O)NC(C(=O)N1C[C@@H](F)C[C@H]1c1ncc(-c2ccc3cc4cc(-c5cnc(C6C[C@H](F)CN6C(=O)[C@@H](NC(=O)OC)C(C)C)[nH]5)ccc4cc3c2)[nH]1)C(C)C. The molecule has 2 aliphatic heterocycles. The number of hydrogen-bond donors (Lipinski definition) is 4. The number of alkyl halides is 2. The average Bonchev–Trinajstić information content (AvgIpc) is 4.03. The van der Waals surface area contributed by atoms with E-state index in [1.165, 1.54) is 24.0 Å². The zero-order valence-electron chi connectivity index (χ0n) is 33.2. The Hall–Kier alpha value is -6.06. The van der Waals surface area contributed by atoms with Gasteiger partial charge in [0, 0.05) is 24.0 Å². The first-order valence-corrected chi connectivity index (χ1v) is 19.4. The van der Waals surface area contributed by atoms with Crippen molar-refractivity contribution in [1.82, 2.24) is 40.4 Å². The van der Waals surface area contributed by atoms with Gasteiger partial charge in [0.1, 0.15) is 36.1 Å². The molecular formula is C42H48F2N8O6. The van der Waals surface area contributed by atoms with E-state index in [4.69, 9.17) is 9.47 Å². The fourth-order valence-electron chi connectivity index (χ4n) is 7.97. The number of nitrogens with zero attached hydrogens (tertiary/aromatic N) is 4. The minimum Gasteiger partial charge on any atom is -0.453 e. The number of imidazole rings is 2. The van der Waals surface area contributed by atoms with Crippen LogP contribution in [0.1, 0.15) is 64.3 Å². The second-order valence-electron chi connectivity index (χ2n) is 15.7. The smallest absolute Gasteiger partial charge is 0.407 e. The topological polar surface area (TPSA) is 175 Å². The number of amides is 4. The highest BCUT2D eigenvalue weighted by atomic mass is 19.1. The number of halogens is 2. The van der Waals surface area contributed by atoms with Gasteiger partial charge in [-0.2, -0.15) is 0 Å². The molecule has 2 aromatic heterocycles. The molecule has 7 rings (SSSR count). The second-order valence-corrected chi connectivity index (χ2v) is 15.7. The van der Waals surface area contributed by atoms with Crippen molar-refractivity contribution in [2.45, 2.75) is 77.0 Å². The van der Waals surface area contributed by atoms with Gasteiger partial charge in [0.25, 0.3) is 0 Å². The van der Waals surface area contributed by atoms with Crippen LogP contribution in [0.2, 0.25) is 0 Å². The van der Waals surface area contributed by atoms with Crippen molar-refractivity contribution in [2.24, 2.45) is 11.8 Å². The van der Waals surface area contributed by atoms with Crippen molar-refractivity contribution in [3.8, 4) is 22.5 Å². The molecule has 4 amide bonds. The summed E-state index contributed by atoms with van der Waals surface area (Å²) in [7, 11) is 2.45. The average molecular weight is 799 g/mol. The van der Waals surface area contributed by atoms with Gasteiger partial charge >= 0.3 is 12.2 Å². The van der Waals surface area contributed by atoms with E-state index in [2.05, 4.69) is 42.7 Å². The van der Waals surface area contributed by atoms with Gasteiger partial charge in [0.15, 0.2) is 0 Å². The lowest BCUT2D eigenvalue weighted by atomic mass is 9.99. The molecule has 0 radical (unpaired) electrons. The Morgan fingerprint density at radius 2 is 1.05 bits per heavy atom. The number of rotatable bonds is 10. The number of likely N-dealkylation sites (tertiary alicyclic amines) is 2. The lowest BCUT2D eigenvalue weighted by Gasteiger charge is -2.29. The van der Waals surface area contributed by atoms with Crippen molar-refractivity contribution in [3.05, 3.63) is 72.6 Å². The Labute approximate surface area is 334 Å². The fraction of sp³-hybridized carbons (Fsp3) is 0.429. The van der Waals surface area contributed by atoms with Crippen molar-refractivity contribution in [2.75, 3.05) is 27.3 Å². The van der Waals surface area contributed by atoms with E-state index < -0.39 is 60.5 Å². The summed E-state index contributed by atoms with van der Waals surface area (Å²) in [6.07, 6.45) is -0.416. The van der Waals surface area contributed by atoms with Crippen molar-refractivity contribution < 1.29 is 37.4 Å². The van der Waals surface area contributed by atoms with Crippen LogP contribution in [0.5, 0.6) is 0 Å². The van der Waals surface area contributed by atoms with Crippen LogP contribution in [0.3, 0.4) is 0 Å². The molecule has 2 fully saturated rings. The number of aromatic nitrogens is 4. The number of methoxy groups -OCH3 is 2. The van der Waals surface area contributed by atoms with Gasteiger partial charge in [-0.3, -0.25) is 9.59 Å². The van der Waals surface area contributed by atoms with Gasteiger partial charge in [-0.1, -0.05) is 52.0 Å². The minimum atomic E-state index is -1.24. The zero-order chi connectivity index (χ0) is 41.4. The first kappa shape index (κ1) is 40.1. The Bertz CT molecular complexity index is 2180. The summed E-state index contributed by atoms with van der Waals surface area (Å²) >= 11 is 0. The Balaban J connectivity index is 1.10. The quantitative estimate of drug-likeness (QED) is 0.112. The highest BCUT2D eigenvalue weighted by Crippen LogP contribution is 2.37. The first-order valence-electron chi connectivity index (χ1n) is 19.4. The van der Waals surface area contributed by atoms with Gasteiger partial charge < -0.3 is 39.9 Å². The molecular weight excluding hydrogens is 751 g/mol. The molecule has 2 aliphatic rings. The summed E-state index contributed by atoms with van der Waals surface area (Å²) in [6, 6.07) is 13.2. The molecule has 0 saturated carbocycles. The maximum atomic E-state index is 14.8. The highest BCUT2D eigenvalue weighted by molar-refractivity contribution is 6.01. The molecule has 2 saturated heterocycles. The molecule has 306 valence electrons. The lowest BCUT2D eigenvalue weighted by Crippen LogP contribution is -2.51. The molecule has 4 heterocycles. The normalized spacial score (nSPS) is 20.5. The molecule has 16 heteroatoms. The number of alkyl carbamates (subject to hydrolysis) is 2. The van der Waals surface area contributed by atoms with E-state index in [1.54, 1.807) is 40.1 Å². The number of fused-ring (bicyclic) bond motifs is 2. The summed E-state index contributed by atoms with van der Waals surface area (Å²) in [6.45, 7) is 7.00. The molecule has 2 unspecified atom stereocenters. The highest BCUT2D eigenvalue weighted by Gasteiger charge is 2.43. The minimum absolute atomic E-state index is 0.0823. The predicted molar refractivity (Wildman–Crippen MR) is 213 cm³/mol. The third-order valence-electron chi connectivity index (χ3n) is 11.1. The third-order valence-corrected chi connectivity index (χ3v) is 11.1. The van der Waals surface area contributed by atoms with Crippen LogP contribution < -0.4 is 10.6 Å². The zero-order valence-corrected chi connectivity index (χ0v) is 33.2. The first-order chi connectivity index (χ1) is 27.7. The summed E-state index contributed by atoms with van der Waals surface area (Å²) < 4.78 is 39.1. The Morgan fingerprint density at radius 1 is 0.655 bits per heavy atom. The number of aromatic amines is 2. The van der Waals surface area contributed by atoms with Crippen molar-refractivity contribution in [1.29, 1.82) is 0 Å². The standard InChI is InChI=1S/C42H48F2N8O6/c1-21(2)35(49-41(55)57-5)39(53)51-19-29(43)15-33(51)37-45-17-31(47-37)25-9-7-23-12-28-14-26(10-8-24(28)11-27(23)13-25)32-18-46-38(48-32)34-16-30(44)20-52(34)40(54)36(22(3)4)50-42(56)58-6/h7-14,17-18,21-22,29-30,33-36H,15-16,19-20H2,1-6H3,(H,45,47)(H,46,48)(H,49,55)(H,50,56)/t29-,30-,33-,34?,35?,36-/m0/s1. The number of H-pyrrole nitrogens is 2. The molecule has 0 spiro atoms. The Morgan fingerprint density at radius 3 is 1.41 bits per heavy atom. The summed E-state index contributed by atoms with van der Waals surface area (Å²) in [5.41, 5.74) is 3.16. The van der Waals surface area contributed by atoms with E-state index in [-0.39, 0.29) is 37.8 Å². The number of nitrogens with one attached hydrogen (secondary N) is 4. The van der Waals surface area contributed by atoms with Gasteiger partial charge in [0.05, 0.1) is 63.2 Å². The maximum Gasteiger partial charge on any atom is 0.407 e. The van der Waals surface area contributed by atoms with Crippen LogP contribution in [0.4, 0.5) is 18.4 Å². The second kappa shape index (κ2) is 16.4. The molecule has 58 heavy (non-hydrogen) atoms. The van der Waals surface area contributed by atoms with Gasteiger partial charge in [-0.15, -0.1) is 0 Å². The number of carbonyl (C=O) groups is 4. The van der Waals surface area contributed by atoms with Crippen LogP contribution in [0.25, 0.3) is 44.1 Å². The summed E-state index contributed by atoms with van der Waals surface area (Å²) in [5.74, 6) is -0.374. The largest absolute Gasteiger partial charge is 0.453 e. The Kier molecular flexibility index (Phi) is 11.4. The molecule has 5 aromatic rings. The summed E-state index contributed by atoms with van der Waals surface area (Å²) in [5, 5.41) is 9.14. The fourth-order valence-corrected chi connectivity index (χ4v) is 7.97. The number of ether oxygens (including phenoxy) is 2. The molecule has 0 aliphatic carbocycles. The summed E-state index contributed by atoms with van der Waals surface area (Å²) in [4.78, 5) is 69.7.